The molecule has 4 aliphatic heterocycles. The summed E-state index contributed by atoms with van der Waals surface area (Å²) < 4.78 is 73.4. The predicted molar refractivity (Wildman–Crippen MR) is 262 cm³/mol. The van der Waals surface area contributed by atoms with Gasteiger partial charge in [-0.05, 0) is 46.5 Å². The molecule has 0 aliphatic carbocycles. The zero-order valence-electron chi connectivity index (χ0n) is 45.5. The van der Waals surface area contributed by atoms with Gasteiger partial charge in [0.15, 0.2) is 25.2 Å². The normalized spacial score (nSPS) is 35.8. The molecule has 0 unspecified atom stereocenters. The van der Waals surface area contributed by atoms with E-state index in [2.05, 4.69) is 20.6 Å². The van der Waals surface area contributed by atoms with Gasteiger partial charge >= 0.3 is 0 Å². The fourth-order valence-corrected chi connectivity index (χ4v) is 8.49. The highest BCUT2D eigenvalue weighted by molar-refractivity contribution is 4.97. The van der Waals surface area contributed by atoms with Gasteiger partial charge in [0.1, 0.15) is 97.7 Å². The van der Waals surface area contributed by atoms with E-state index in [1.165, 1.54) is 14.2 Å². The van der Waals surface area contributed by atoms with Crippen molar-refractivity contribution in [2.45, 2.75) is 224 Å². The first-order valence-electron chi connectivity index (χ1n) is 26.5. The molecule has 2 aromatic heterocycles. The molecule has 6 rings (SSSR count). The van der Waals surface area contributed by atoms with E-state index in [4.69, 9.17) is 56.8 Å². The maximum absolute atomic E-state index is 11.6. The third-order valence-electron chi connectivity index (χ3n) is 12.4. The molecular formula is C48H90N6O21. The molecule has 75 heavy (non-hydrogen) atoms. The Labute approximate surface area is 440 Å². The number of rotatable bonds is 26. The van der Waals surface area contributed by atoms with Crippen LogP contribution < -0.4 is 0 Å². The van der Waals surface area contributed by atoms with Gasteiger partial charge in [-0.25, -0.2) is 0 Å². The van der Waals surface area contributed by atoms with Crippen molar-refractivity contribution in [1.82, 2.24) is 30.0 Å². The molecule has 0 amide bonds. The largest absolute Gasteiger partial charge is 0.387 e. The second-order valence-corrected chi connectivity index (χ2v) is 17.2. The van der Waals surface area contributed by atoms with Gasteiger partial charge in [-0.3, -0.25) is 9.36 Å². The van der Waals surface area contributed by atoms with Crippen LogP contribution in [0.3, 0.4) is 0 Å². The third-order valence-corrected chi connectivity index (χ3v) is 12.4. The summed E-state index contributed by atoms with van der Waals surface area (Å²) in [7, 11) is 2.65. The average molecular weight is 1090 g/mol. The van der Waals surface area contributed by atoms with Crippen molar-refractivity contribution < 1.29 is 103 Å². The van der Waals surface area contributed by atoms with Crippen LogP contribution in [-0.2, 0) is 82.8 Å². The predicted octanol–water partition coefficient (Wildman–Crippen LogP) is -1.78. The first kappa shape index (κ1) is 66.7. The molecular weight excluding hydrogens is 997 g/mol. The Morgan fingerprint density at radius 1 is 0.440 bits per heavy atom. The monoisotopic (exact) mass is 1090 g/mol. The average Bonchev–Trinajstić information content (AvgIpc) is 4.11. The van der Waals surface area contributed by atoms with Crippen LogP contribution >= 0.6 is 0 Å². The maximum Gasteiger partial charge on any atom is 0.186 e. The summed E-state index contributed by atoms with van der Waals surface area (Å²) in [4.78, 5) is 0. The van der Waals surface area contributed by atoms with Crippen molar-refractivity contribution in [3.63, 3.8) is 0 Å². The van der Waals surface area contributed by atoms with E-state index in [9.17, 15) is 46.0 Å². The minimum atomic E-state index is -1.74. The molecule has 0 saturated carbocycles. The molecule has 2 aromatic rings. The Morgan fingerprint density at radius 2 is 0.800 bits per heavy atom. The van der Waals surface area contributed by atoms with Crippen LogP contribution in [0, 0.1) is 0 Å². The first-order valence-corrected chi connectivity index (χ1v) is 26.5. The van der Waals surface area contributed by atoms with E-state index in [0.717, 1.165) is 11.4 Å². The fraction of sp³-hybridized carbons (Fsp3) is 0.917. The smallest absolute Gasteiger partial charge is 0.186 e. The second kappa shape index (κ2) is 35.1. The van der Waals surface area contributed by atoms with Crippen molar-refractivity contribution in [3.05, 3.63) is 23.8 Å². The number of aryl methyl sites for hydroxylation is 4. The highest BCUT2D eigenvalue weighted by Crippen LogP contribution is 2.32. The van der Waals surface area contributed by atoms with Crippen LogP contribution in [0.15, 0.2) is 12.4 Å². The van der Waals surface area contributed by atoms with E-state index in [1.54, 1.807) is 28.7 Å². The summed E-state index contributed by atoms with van der Waals surface area (Å²) in [6.07, 6.45) is -23.1. The summed E-state index contributed by atoms with van der Waals surface area (Å²) >= 11 is 0. The van der Waals surface area contributed by atoms with Gasteiger partial charge in [0.2, 0.25) is 0 Å². The van der Waals surface area contributed by atoms with E-state index in [1.807, 2.05) is 55.4 Å². The fourth-order valence-electron chi connectivity index (χ4n) is 8.49. The number of methoxy groups -OCH3 is 2. The van der Waals surface area contributed by atoms with Gasteiger partial charge in [-0.1, -0.05) is 52.0 Å². The minimum absolute atomic E-state index is 0.0617. The lowest BCUT2D eigenvalue weighted by atomic mass is 9.97. The first-order chi connectivity index (χ1) is 36.2. The van der Waals surface area contributed by atoms with Crippen LogP contribution in [-0.4, -0.2) is 259 Å². The molecule has 9 N–H and O–H groups in total. The number of hydrogen-bond donors (Lipinski definition) is 9. The molecule has 4 saturated heterocycles. The number of ether oxygens (including phenoxy) is 12. The number of nitrogens with zero attached hydrogens (tertiary/aromatic N) is 6. The lowest BCUT2D eigenvalue weighted by Crippen LogP contribution is -2.64. The van der Waals surface area contributed by atoms with Crippen LogP contribution in [0.25, 0.3) is 0 Å². The van der Waals surface area contributed by atoms with Gasteiger partial charge in [0, 0.05) is 59.5 Å². The molecule has 27 nitrogen and oxygen atoms in total. The highest BCUT2D eigenvalue weighted by atomic mass is 16.8. The van der Waals surface area contributed by atoms with Gasteiger partial charge in [0.25, 0.3) is 0 Å². The van der Waals surface area contributed by atoms with Crippen molar-refractivity contribution in [1.29, 1.82) is 0 Å². The Kier molecular flexibility index (Phi) is 31.3. The Balaban J connectivity index is 0.00000238. The number of hydrogen-bond acceptors (Lipinski definition) is 25. The molecule has 0 bridgehead atoms. The molecule has 6 heterocycles. The van der Waals surface area contributed by atoms with E-state index >= 15 is 0 Å². The zero-order valence-corrected chi connectivity index (χ0v) is 45.5. The quantitative estimate of drug-likeness (QED) is 0.0470. The summed E-state index contributed by atoms with van der Waals surface area (Å²) in [6.45, 7) is 17.6. The van der Waals surface area contributed by atoms with E-state index < -0.39 is 136 Å². The summed E-state index contributed by atoms with van der Waals surface area (Å²) in [6, 6.07) is 0. The topological polar surface area (TPSA) is 354 Å². The molecule has 20 atom stereocenters. The number of aliphatic hydroxyl groups is 9. The van der Waals surface area contributed by atoms with Crippen molar-refractivity contribution >= 4 is 0 Å². The summed E-state index contributed by atoms with van der Waals surface area (Å²) in [5.74, 6) is 0. The Hall–Kier alpha value is -2.56. The lowest BCUT2D eigenvalue weighted by Gasteiger charge is -2.46. The molecule has 4 fully saturated rings. The van der Waals surface area contributed by atoms with Crippen LogP contribution in [0.1, 0.15) is 86.5 Å². The SMILES string of the molecule is CC.CC.CC.CCO[C@H]1[C@H](O)[C@@H](O)[C@@H](OC)O[C@@H]1CO[C@H]1O[C@H](CO[C@H]2O[C@H](CO[C@H]3O[C@H](COC)[C@@H](O)[C@H](O)[C@H]3O)[C@@H](OCCCc3cn(CC)nn3)[C@H](O)[C@H]2O)[C@@H](OCCCc2cn(CC)nn2)[C@H](O)[C@H]1O. The molecule has 438 valence electrons. The Bertz CT molecular complexity index is 1780. The van der Waals surface area contributed by atoms with Crippen LogP contribution in [0.4, 0.5) is 0 Å². The zero-order chi connectivity index (χ0) is 55.8. The van der Waals surface area contributed by atoms with Crippen LogP contribution in [0.5, 0.6) is 0 Å². The molecule has 0 aromatic carbocycles. The van der Waals surface area contributed by atoms with Gasteiger partial charge in [-0.15, -0.1) is 10.2 Å². The standard InChI is InChI=1S/C42H72N6O21.3C2H6/c1-6-47-15-21(43-45-47)11-9-13-61-37-25(19-63-40-32(54)28(50)27(49)23(66-40)17-58-4)68-42(35(57)31(37)53)65-20-26-38(62-14-10-12-22-16-48(7-2)46-44-22)30(52)34(56)41(69-26)64-18-24-36(60-8-3)29(51)33(55)39(59-5)67-24;3*1-2/h15-16,23-42,49-57H,6-14,17-20H2,1-5H3;3*1-2H3/t23-,24-,25-,26-,27-,28+,29-,30-,31-,32-,33-,34-,35-,36-,37-,38-,39+,40+,41+,42+;;;/m1.../s1. The van der Waals surface area contributed by atoms with E-state index in [0.29, 0.717) is 38.8 Å². The van der Waals surface area contributed by atoms with Gasteiger partial charge in [0.05, 0.1) is 37.8 Å². The highest BCUT2D eigenvalue weighted by Gasteiger charge is 2.52. The summed E-state index contributed by atoms with van der Waals surface area (Å²) in [5, 5.41) is 115. The second-order valence-electron chi connectivity index (χ2n) is 17.2. The minimum Gasteiger partial charge on any atom is -0.387 e. The Morgan fingerprint density at radius 3 is 1.16 bits per heavy atom. The molecule has 4 aliphatic rings. The maximum atomic E-state index is 11.6. The van der Waals surface area contributed by atoms with E-state index in [-0.39, 0.29) is 33.0 Å². The lowest BCUT2D eigenvalue weighted by molar-refractivity contribution is -0.351. The van der Waals surface area contributed by atoms with Gasteiger partial charge in [-0.2, -0.15) is 0 Å². The molecule has 0 spiro atoms. The number of aliphatic hydroxyl groups excluding tert-OH is 9. The third kappa shape index (κ3) is 18.5. The number of aromatic nitrogens is 6. The van der Waals surface area contributed by atoms with Crippen molar-refractivity contribution in [2.75, 3.05) is 60.5 Å². The van der Waals surface area contributed by atoms with Crippen molar-refractivity contribution in [2.24, 2.45) is 0 Å². The van der Waals surface area contributed by atoms with Gasteiger partial charge < -0.3 is 103 Å². The molecule has 0 radical (unpaired) electrons. The summed E-state index contributed by atoms with van der Waals surface area (Å²) in [5.41, 5.74) is 1.44. The molecule has 27 heteroatoms. The van der Waals surface area contributed by atoms with Crippen LogP contribution in [0.2, 0.25) is 0 Å². The van der Waals surface area contributed by atoms with Crippen molar-refractivity contribution in [3.8, 4) is 0 Å².